The van der Waals surface area contributed by atoms with Gasteiger partial charge in [-0.15, -0.1) is 0 Å². The molecule has 0 saturated heterocycles. The highest BCUT2D eigenvalue weighted by molar-refractivity contribution is 8.27. The lowest BCUT2D eigenvalue weighted by Gasteiger charge is -1.94. The van der Waals surface area contributed by atoms with Gasteiger partial charge in [0.25, 0.3) is 0 Å². The average Bonchev–Trinajstić information content (AvgIpc) is 2.26. The molecule has 1 heterocycles. The van der Waals surface area contributed by atoms with E-state index in [1.54, 1.807) is 0 Å². The molecule has 0 bridgehead atoms. The first-order valence-corrected chi connectivity index (χ1v) is 4.52. The molecule has 0 radical (unpaired) electrons. The van der Waals surface area contributed by atoms with Crippen molar-refractivity contribution in [3.63, 3.8) is 0 Å². The van der Waals surface area contributed by atoms with E-state index in [-0.39, 0.29) is 10.2 Å². The molecule has 60 valence electrons. The molecular formula is C8H10O2S. The summed E-state index contributed by atoms with van der Waals surface area (Å²) in [5, 5.41) is -0.162. The predicted octanol–water partition coefficient (Wildman–Crippen LogP) is 1.90. The van der Waals surface area contributed by atoms with Crippen LogP contribution >= 0.6 is 11.8 Å². The summed E-state index contributed by atoms with van der Waals surface area (Å²) in [6.07, 6.45) is 4.27. The first-order chi connectivity index (χ1) is 5.24. The molecule has 0 aromatic heterocycles. The van der Waals surface area contributed by atoms with Crippen molar-refractivity contribution in [1.82, 2.24) is 0 Å². The van der Waals surface area contributed by atoms with E-state index in [0.717, 1.165) is 31.0 Å². The Bertz CT molecular complexity index is 218. The van der Waals surface area contributed by atoms with Crippen molar-refractivity contribution in [2.45, 2.75) is 26.2 Å². The number of thioether (sulfide) groups is 1. The van der Waals surface area contributed by atoms with Gasteiger partial charge in [-0.2, -0.15) is 0 Å². The average molecular weight is 170 g/mol. The van der Waals surface area contributed by atoms with Crippen molar-refractivity contribution in [3.8, 4) is 0 Å². The van der Waals surface area contributed by atoms with Gasteiger partial charge < -0.3 is 0 Å². The van der Waals surface area contributed by atoms with Crippen LogP contribution in [-0.4, -0.2) is 10.2 Å². The number of unbranched alkanes of at least 4 members (excludes halogenated alkanes) is 1. The van der Waals surface area contributed by atoms with Crippen molar-refractivity contribution in [2.24, 2.45) is 0 Å². The molecule has 1 aliphatic heterocycles. The molecule has 3 heteroatoms. The van der Waals surface area contributed by atoms with Gasteiger partial charge in [-0.1, -0.05) is 13.3 Å². The Labute approximate surface area is 70.0 Å². The maximum Gasteiger partial charge on any atom is 0.223 e. The van der Waals surface area contributed by atoms with Gasteiger partial charge in [0.15, 0.2) is 0 Å². The minimum Gasteiger partial charge on any atom is -0.282 e. The van der Waals surface area contributed by atoms with Crippen molar-refractivity contribution >= 4 is 22.0 Å². The zero-order valence-corrected chi connectivity index (χ0v) is 7.24. The lowest BCUT2D eigenvalue weighted by molar-refractivity contribution is -0.108. The van der Waals surface area contributed by atoms with E-state index in [1.807, 2.05) is 0 Å². The van der Waals surface area contributed by atoms with E-state index in [1.165, 1.54) is 6.08 Å². The van der Waals surface area contributed by atoms with E-state index in [0.29, 0.717) is 5.57 Å². The fourth-order valence-electron chi connectivity index (χ4n) is 0.929. The largest absolute Gasteiger partial charge is 0.282 e. The first-order valence-electron chi connectivity index (χ1n) is 3.70. The SMILES string of the molecule is CCCCC1=CC(=O)SC1=O. The molecule has 0 unspecified atom stereocenters. The van der Waals surface area contributed by atoms with Crippen molar-refractivity contribution < 1.29 is 9.59 Å². The second-order valence-corrected chi connectivity index (χ2v) is 3.46. The Morgan fingerprint density at radius 3 is 2.64 bits per heavy atom. The molecule has 0 amide bonds. The third kappa shape index (κ3) is 2.19. The summed E-state index contributed by atoms with van der Waals surface area (Å²) in [5.41, 5.74) is 0.696. The Morgan fingerprint density at radius 2 is 2.18 bits per heavy atom. The molecule has 1 rings (SSSR count). The van der Waals surface area contributed by atoms with Crippen LogP contribution in [-0.2, 0) is 9.59 Å². The molecule has 0 N–H and O–H groups in total. The molecular weight excluding hydrogens is 160 g/mol. The van der Waals surface area contributed by atoms with Crippen LogP contribution in [0.2, 0.25) is 0 Å². The molecule has 0 aliphatic carbocycles. The maximum absolute atomic E-state index is 11.0. The molecule has 0 fully saturated rings. The fourth-order valence-corrected chi connectivity index (χ4v) is 1.61. The summed E-state index contributed by atoms with van der Waals surface area (Å²) in [6, 6.07) is 0. The Morgan fingerprint density at radius 1 is 1.45 bits per heavy atom. The van der Waals surface area contributed by atoms with Crippen molar-refractivity contribution in [1.29, 1.82) is 0 Å². The number of rotatable bonds is 3. The van der Waals surface area contributed by atoms with Crippen molar-refractivity contribution in [3.05, 3.63) is 11.6 Å². The highest BCUT2D eigenvalue weighted by atomic mass is 32.2. The number of carbonyl (C=O) groups is 2. The lowest BCUT2D eigenvalue weighted by Crippen LogP contribution is -1.90. The zero-order valence-electron chi connectivity index (χ0n) is 6.42. The first kappa shape index (κ1) is 8.53. The van der Waals surface area contributed by atoms with Crippen molar-refractivity contribution in [2.75, 3.05) is 0 Å². The van der Waals surface area contributed by atoms with Crippen LogP contribution in [0.3, 0.4) is 0 Å². The van der Waals surface area contributed by atoms with Crippen LogP contribution < -0.4 is 0 Å². The number of hydrogen-bond acceptors (Lipinski definition) is 3. The van der Waals surface area contributed by atoms with Gasteiger partial charge in [-0.25, -0.2) is 0 Å². The molecule has 0 saturated carbocycles. The summed E-state index contributed by atoms with van der Waals surface area (Å²) in [4.78, 5) is 21.7. The Balaban J connectivity index is 2.50. The zero-order chi connectivity index (χ0) is 8.27. The van der Waals surface area contributed by atoms with Crippen LogP contribution in [0.5, 0.6) is 0 Å². The predicted molar refractivity (Wildman–Crippen MR) is 45.2 cm³/mol. The highest BCUT2D eigenvalue weighted by Gasteiger charge is 2.21. The third-order valence-corrected chi connectivity index (χ3v) is 2.31. The molecule has 11 heavy (non-hydrogen) atoms. The van der Waals surface area contributed by atoms with E-state index < -0.39 is 0 Å². The summed E-state index contributed by atoms with van der Waals surface area (Å²) in [6.45, 7) is 2.06. The van der Waals surface area contributed by atoms with Crippen LogP contribution in [0, 0.1) is 0 Å². The van der Waals surface area contributed by atoms with Gasteiger partial charge >= 0.3 is 0 Å². The van der Waals surface area contributed by atoms with E-state index in [9.17, 15) is 9.59 Å². The normalized spacial score (nSPS) is 17.4. The molecule has 0 aromatic rings. The van der Waals surface area contributed by atoms with Gasteiger partial charge in [-0.3, -0.25) is 9.59 Å². The second-order valence-electron chi connectivity index (χ2n) is 2.48. The molecule has 0 spiro atoms. The summed E-state index contributed by atoms with van der Waals surface area (Å²) < 4.78 is 0. The molecule has 0 aromatic carbocycles. The minimum absolute atomic E-state index is 0.0524. The van der Waals surface area contributed by atoms with Gasteiger partial charge in [0.05, 0.1) is 0 Å². The summed E-state index contributed by atoms with van der Waals surface area (Å²) >= 11 is 0.809. The highest BCUT2D eigenvalue weighted by Crippen LogP contribution is 2.24. The van der Waals surface area contributed by atoms with E-state index in [4.69, 9.17) is 0 Å². The Kier molecular flexibility index (Phi) is 2.88. The maximum atomic E-state index is 11.0. The van der Waals surface area contributed by atoms with Gasteiger partial charge in [-0.05, 0) is 24.6 Å². The van der Waals surface area contributed by atoms with E-state index >= 15 is 0 Å². The monoisotopic (exact) mass is 170 g/mol. The molecule has 0 atom stereocenters. The van der Waals surface area contributed by atoms with Gasteiger partial charge in [0.2, 0.25) is 10.2 Å². The van der Waals surface area contributed by atoms with Crippen LogP contribution in [0.25, 0.3) is 0 Å². The van der Waals surface area contributed by atoms with Crippen LogP contribution in [0.1, 0.15) is 26.2 Å². The molecule has 2 nitrogen and oxygen atoms in total. The second kappa shape index (κ2) is 3.72. The third-order valence-electron chi connectivity index (χ3n) is 1.55. The Hall–Kier alpha value is -0.570. The van der Waals surface area contributed by atoms with Crippen LogP contribution in [0.4, 0.5) is 0 Å². The standard InChI is InChI=1S/C8H10O2S/c1-2-3-4-6-5-7(9)11-8(6)10/h5H,2-4H2,1H3. The fraction of sp³-hybridized carbons (Fsp3) is 0.500. The molecule has 1 aliphatic rings. The van der Waals surface area contributed by atoms with Gasteiger partial charge in [0, 0.05) is 11.6 Å². The number of hydrogen-bond donors (Lipinski definition) is 0. The summed E-state index contributed by atoms with van der Waals surface area (Å²) in [5.74, 6) is 0. The minimum atomic E-state index is -0.110. The lowest BCUT2D eigenvalue weighted by atomic mass is 10.1. The van der Waals surface area contributed by atoms with Crippen LogP contribution in [0.15, 0.2) is 11.6 Å². The van der Waals surface area contributed by atoms with E-state index in [2.05, 4.69) is 6.92 Å². The smallest absolute Gasteiger partial charge is 0.223 e. The quantitative estimate of drug-likeness (QED) is 0.648. The number of carbonyl (C=O) groups excluding carboxylic acids is 2. The van der Waals surface area contributed by atoms with Gasteiger partial charge in [0.1, 0.15) is 0 Å². The topological polar surface area (TPSA) is 34.1 Å². The summed E-state index contributed by atoms with van der Waals surface area (Å²) in [7, 11) is 0.